The minimum Gasteiger partial charge on any atom is -0.508 e. The maximum Gasteiger partial charge on any atom is 0.247 e. The van der Waals surface area contributed by atoms with Crippen LogP contribution in [0.4, 0.5) is 5.69 Å². The molecular weight excluding hydrogens is 416 g/mol. The Morgan fingerprint density at radius 3 is 2.92 bits per heavy atom. The number of phenolic OH excluding ortho intramolecular Hbond substituents is 1. The monoisotopic (exact) mass is 430 g/mol. The molecule has 0 spiro atoms. The van der Waals surface area contributed by atoms with Gasteiger partial charge in [0.2, 0.25) is 11.0 Å². The van der Waals surface area contributed by atoms with Crippen LogP contribution in [0.5, 0.6) is 11.6 Å². The molecule has 8 heteroatoms. The van der Waals surface area contributed by atoms with E-state index in [4.69, 9.17) is 4.74 Å². The van der Waals surface area contributed by atoms with Gasteiger partial charge in [-0.3, -0.25) is 0 Å². The van der Waals surface area contributed by atoms with Gasteiger partial charge < -0.3 is 15.2 Å². The number of para-hydroxylation sites is 1. The van der Waals surface area contributed by atoms with E-state index >= 15 is 0 Å². The highest BCUT2D eigenvalue weighted by Gasteiger charge is 2.27. The summed E-state index contributed by atoms with van der Waals surface area (Å²) in [6.45, 7) is 2.03. The molecule has 2 N–H and O–H groups in total. The maximum absolute atomic E-state index is 9.90. The normalized spacial score (nSPS) is 15.2. The minimum atomic E-state index is -0.546. The summed E-state index contributed by atoms with van der Waals surface area (Å²) in [5.74, 6) is 1.42. The molecule has 1 aliphatic rings. The number of anilines is 1. The van der Waals surface area contributed by atoms with Crippen LogP contribution in [0.3, 0.4) is 0 Å². The standard InChI is InChI=1S/C18H15BrN4O2S/c1-2-26-18-21-17-15(22-23-18)11-5-3-4-6-14(11)20-16(25-17)12-9-10(24)7-8-13(12)19/h3-9,16,20,24H,2H2,1H3. The Morgan fingerprint density at radius 1 is 1.23 bits per heavy atom. The van der Waals surface area contributed by atoms with Crippen LogP contribution in [0, 0.1) is 0 Å². The lowest BCUT2D eigenvalue weighted by molar-refractivity contribution is 0.224. The minimum absolute atomic E-state index is 0.161. The summed E-state index contributed by atoms with van der Waals surface area (Å²) < 4.78 is 6.99. The van der Waals surface area contributed by atoms with Gasteiger partial charge in [-0.2, -0.15) is 4.98 Å². The van der Waals surface area contributed by atoms with Crippen LogP contribution in [-0.2, 0) is 0 Å². The highest BCUT2D eigenvalue weighted by molar-refractivity contribution is 9.10. The van der Waals surface area contributed by atoms with Gasteiger partial charge in [0.05, 0.1) is 0 Å². The predicted molar refractivity (Wildman–Crippen MR) is 104 cm³/mol. The van der Waals surface area contributed by atoms with Crippen molar-refractivity contribution in [2.24, 2.45) is 0 Å². The molecule has 2 heterocycles. The Bertz CT molecular complexity index is 970. The van der Waals surface area contributed by atoms with Crippen molar-refractivity contribution < 1.29 is 9.84 Å². The lowest BCUT2D eigenvalue weighted by Crippen LogP contribution is -2.17. The highest BCUT2D eigenvalue weighted by atomic mass is 79.9. The summed E-state index contributed by atoms with van der Waals surface area (Å²) in [6.07, 6.45) is -0.546. The van der Waals surface area contributed by atoms with Crippen LogP contribution in [0.25, 0.3) is 11.3 Å². The topological polar surface area (TPSA) is 80.2 Å². The number of hydrogen-bond acceptors (Lipinski definition) is 7. The van der Waals surface area contributed by atoms with E-state index in [0.717, 1.165) is 27.0 Å². The first kappa shape index (κ1) is 17.1. The zero-order valence-corrected chi connectivity index (χ0v) is 16.2. The largest absolute Gasteiger partial charge is 0.508 e. The molecule has 0 saturated carbocycles. The second kappa shape index (κ2) is 7.13. The summed E-state index contributed by atoms with van der Waals surface area (Å²) in [5.41, 5.74) is 3.08. The molecule has 1 atom stereocenters. The summed E-state index contributed by atoms with van der Waals surface area (Å²) >= 11 is 5.03. The summed E-state index contributed by atoms with van der Waals surface area (Å²) in [4.78, 5) is 4.54. The third-order valence-electron chi connectivity index (χ3n) is 3.87. The average molecular weight is 431 g/mol. The third kappa shape index (κ3) is 3.22. The van der Waals surface area contributed by atoms with E-state index in [9.17, 15) is 5.11 Å². The number of nitrogens with zero attached hydrogens (tertiary/aromatic N) is 3. The van der Waals surface area contributed by atoms with E-state index in [1.807, 2.05) is 31.2 Å². The number of thioether (sulfide) groups is 1. The maximum atomic E-state index is 9.90. The molecule has 132 valence electrons. The second-order valence-electron chi connectivity index (χ2n) is 5.57. The van der Waals surface area contributed by atoms with Gasteiger partial charge in [-0.25, -0.2) is 0 Å². The fourth-order valence-corrected chi connectivity index (χ4v) is 3.67. The molecule has 1 aromatic heterocycles. The van der Waals surface area contributed by atoms with Gasteiger partial charge in [0.25, 0.3) is 0 Å². The fourth-order valence-electron chi connectivity index (χ4n) is 2.71. The van der Waals surface area contributed by atoms with Crippen molar-refractivity contribution in [2.45, 2.75) is 18.3 Å². The molecule has 0 saturated heterocycles. The van der Waals surface area contributed by atoms with Crippen LogP contribution < -0.4 is 10.1 Å². The molecule has 0 bridgehead atoms. The predicted octanol–water partition coefficient (Wildman–Crippen LogP) is 4.62. The number of aromatic hydroxyl groups is 1. The Labute approximate surface area is 163 Å². The van der Waals surface area contributed by atoms with E-state index in [-0.39, 0.29) is 5.75 Å². The molecular formula is C18H15BrN4O2S. The molecule has 0 radical (unpaired) electrons. The molecule has 0 amide bonds. The fraction of sp³-hybridized carbons (Fsp3) is 0.167. The van der Waals surface area contributed by atoms with E-state index in [1.165, 1.54) is 11.8 Å². The van der Waals surface area contributed by atoms with Crippen LogP contribution in [-0.4, -0.2) is 26.0 Å². The van der Waals surface area contributed by atoms with E-state index in [0.29, 0.717) is 16.7 Å². The van der Waals surface area contributed by atoms with Crippen molar-refractivity contribution in [3.8, 4) is 22.9 Å². The Hall–Kier alpha value is -2.32. The number of ether oxygens (including phenoxy) is 1. The van der Waals surface area contributed by atoms with Gasteiger partial charge in [-0.15, -0.1) is 10.2 Å². The molecule has 3 aromatic rings. The molecule has 26 heavy (non-hydrogen) atoms. The second-order valence-corrected chi connectivity index (χ2v) is 7.66. The zero-order valence-electron chi connectivity index (χ0n) is 13.8. The average Bonchev–Trinajstić information content (AvgIpc) is 2.80. The van der Waals surface area contributed by atoms with Gasteiger partial charge in [-0.05, 0) is 30.0 Å². The number of nitrogens with one attached hydrogen (secondary N) is 1. The lowest BCUT2D eigenvalue weighted by Gasteiger charge is -2.20. The first-order chi connectivity index (χ1) is 12.7. The van der Waals surface area contributed by atoms with Gasteiger partial charge in [0.1, 0.15) is 5.75 Å². The first-order valence-electron chi connectivity index (χ1n) is 8.04. The number of fused-ring (bicyclic) bond motifs is 3. The smallest absolute Gasteiger partial charge is 0.247 e. The van der Waals surface area contributed by atoms with Crippen molar-refractivity contribution in [1.82, 2.24) is 15.2 Å². The number of phenols is 1. The first-order valence-corrected chi connectivity index (χ1v) is 9.82. The van der Waals surface area contributed by atoms with Gasteiger partial charge in [0.15, 0.2) is 11.9 Å². The Balaban J connectivity index is 1.86. The molecule has 1 unspecified atom stereocenters. The molecule has 4 rings (SSSR count). The molecule has 1 aliphatic heterocycles. The van der Waals surface area contributed by atoms with E-state index in [1.54, 1.807) is 18.2 Å². The summed E-state index contributed by atoms with van der Waals surface area (Å²) in [5, 5.41) is 22.4. The van der Waals surface area contributed by atoms with E-state index < -0.39 is 6.23 Å². The molecule has 0 fully saturated rings. The number of aromatic nitrogens is 3. The van der Waals surface area contributed by atoms with Crippen molar-refractivity contribution in [2.75, 3.05) is 11.1 Å². The van der Waals surface area contributed by atoms with Crippen LogP contribution >= 0.6 is 27.7 Å². The zero-order chi connectivity index (χ0) is 18.1. The number of rotatable bonds is 3. The van der Waals surface area contributed by atoms with E-state index in [2.05, 4.69) is 36.4 Å². The number of halogens is 1. The third-order valence-corrected chi connectivity index (χ3v) is 5.31. The Kier molecular flexibility index (Phi) is 4.69. The lowest BCUT2D eigenvalue weighted by atomic mass is 10.1. The number of hydrogen-bond donors (Lipinski definition) is 2. The molecule has 2 aromatic carbocycles. The quantitative estimate of drug-likeness (QED) is 0.586. The molecule has 6 nitrogen and oxygen atoms in total. The summed E-state index contributed by atoms with van der Waals surface area (Å²) in [6, 6.07) is 12.8. The van der Waals surface area contributed by atoms with Gasteiger partial charge >= 0.3 is 0 Å². The van der Waals surface area contributed by atoms with Crippen LogP contribution in [0.15, 0.2) is 52.1 Å². The molecule has 0 aliphatic carbocycles. The van der Waals surface area contributed by atoms with Crippen LogP contribution in [0.1, 0.15) is 18.7 Å². The summed E-state index contributed by atoms with van der Waals surface area (Å²) in [7, 11) is 0. The SMILES string of the molecule is CCSc1nnc2c(n1)OC(c1cc(O)ccc1Br)Nc1ccccc1-2. The number of benzene rings is 2. The van der Waals surface area contributed by atoms with Crippen molar-refractivity contribution >= 4 is 33.4 Å². The highest BCUT2D eigenvalue weighted by Crippen LogP contribution is 2.41. The van der Waals surface area contributed by atoms with Crippen LogP contribution in [0.2, 0.25) is 0 Å². The van der Waals surface area contributed by atoms with Crippen molar-refractivity contribution in [3.05, 3.63) is 52.5 Å². The Morgan fingerprint density at radius 2 is 2.08 bits per heavy atom. The van der Waals surface area contributed by atoms with Crippen molar-refractivity contribution in [3.63, 3.8) is 0 Å². The van der Waals surface area contributed by atoms with Gasteiger partial charge in [0, 0.05) is 21.3 Å². The van der Waals surface area contributed by atoms with Gasteiger partial charge in [-0.1, -0.05) is 52.8 Å². The van der Waals surface area contributed by atoms with Crippen molar-refractivity contribution in [1.29, 1.82) is 0 Å².